The lowest BCUT2D eigenvalue weighted by atomic mass is 9.96. The molecule has 142 valence electrons. The van der Waals surface area contributed by atoms with Crippen molar-refractivity contribution in [1.82, 2.24) is 4.98 Å². The van der Waals surface area contributed by atoms with Crippen molar-refractivity contribution in [3.05, 3.63) is 105 Å². The average molecular weight is 375 g/mol. The van der Waals surface area contributed by atoms with Crippen LogP contribution in [-0.4, -0.2) is 4.98 Å². The predicted molar refractivity (Wildman–Crippen MR) is 114 cm³/mol. The van der Waals surface area contributed by atoms with Crippen LogP contribution in [0.5, 0.6) is 0 Å². The van der Waals surface area contributed by atoms with Crippen LogP contribution < -0.4 is 10.6 Å². The Morgan fingerprint density at radius 3 is 2.54 bits per heavy atom. The first-order valence-corrected chi connectivity index (χ1v) is 9.09. The van der Waals surface area contributed by atoms with Gasteiger partial charge in [0.2, 0.25) is 0 Å². The van der Waals surface area contributed by atoms with Gasteiger partial charge >= 0.3 is 0 Å². The summed E-state index contributed by atoms with van der Waals surface area (Å²) in [4.78, 5) is 3.06. The number of benzene rings is 2. The van der Waals surface area contributed by atoms with Crippen LogP contribution in [0.1, 0.15) is 34.7 Å². The van der Waals surface area contributed by atoms with Gasteiger partial charge < -0.3 is 4.98 Å². The molecule has 3 aromatic rings. The zero-order chi connectivity index (χ0) is 20.4. The fraction of sp³-hybridized carbons (Fsp3) is 0.120. The van der Waals surface area contributed by atoms with E-state index in [1.807, 2.05) is 44.2 Å². The Morgan fingerprint density at radius 2 is 1.86 bits per heavy atom. The van der Waals surface area contributed by atoms with Gasteiger partial charge in [0.25, 0.3) is 0 Å². The molecule has 0 saturated heterocycles. The SMILES string of the molecule is C=C(c1c(F)ccc(C)c1F)c1c[nH]c(=C)/c1=C\C(=C/C)c1cccc(C)c1. The average Bonchev–Trinajstić information content (AvgIpc) is 3.03. The van der Waals surface area contributed by atoms with Gasteiger partial charge in [-0.1, -0.05) is 55.1 Å². The maximum atomic E-state index is 14.6. The number of halogens is 2. The number of hydrogen-bond donors (Lipinski definition) is 1. The second-order valence-corrected chi connectivity index (χ2v) is 6.88. The molecule has 0 fully saturated rings. The molecule has 3 rings (SSSR count). The van der Waals surface area contributed by atoms with Crippen LogP contribution in [0.2, 0.25) is 0 Å². The van der Waals surface area contributed by atoms with Gasteiger partial charge in [-0.25, -0.2) is 8.78 Å². The van der Waals surface area contributed by atoms with Crippen LogP contribution in [0, 0.1) is 25.5 Å². The zero-order valence-electron chi connectivity index (χ0n) is 16.4. The van der Waals surface area contributed by atoms with Crippen LogP contribution in [0.4, 0.5) is 8.78 Å². The van der Waals surface area contributed by atoms with E-state index >= 15 is 0 Å². The van der Waals surface area contributed by atoms with E-state index in [0.717, 1.165) is 21.9 Å². The molecule has 1 aromatic heterocycles. The number of allylic oxidation sites excluding steroid dienone is 2. The van der Waals surface area contributed by atoms with Crippen LogP contribution in [-0.2, 0) is 0 Å². The van der Waals surface area contributed by atoms with Gasteiger partial charge in [-0.15, -0.1) is 0 Å². The lowest BCUT2D eigenvalue weighted by Gasteiger charge is -2.10. The fourth-order valence-corrected chi connectivity index (χ4v) is 3.27. The molecule has 0 radical (unpaired) electrons. The molecule has 0 aliphatic carbocycles. The number of hydrogen-bond acceptors (Lipinski definition) is 0. The summed E-state index contributed by atoms with van der Waals surface area (Å²) in [5.74, 6) is -1.22. The molecular formula is C25H23F2N. The summed E-state index contributed by atoms with van der Waals surface area (Å²) in [6.07, 6.45) is 5.67. The number of aromatic nitrogens is 1. The molecule has 0 amide bonds. The third-order valence-electron chi connectivity index (χ3n) is 4.88. The van der Waals surface area contributed by atoms with Crippen molar-refractivity contribution in [2.24, 2.45) is 0 Å². The monoisotopic (exact) mass is 375 g/mol. The quantitative estimate of drug-likeness (QED) is 0.640. The summed E-state index contributed by atoms with van der Waals surface area (Å²) in [6.45, 7) is 13.6. The number of aromatic amines is 1. The van der Waals surface area contributed by atoms with Gasteiger partial charge in [-0.3, -0.25) is 0 Å². The Bertz CT molecular complexity index is 1200. The summed E-state index contributed by atoms with van der Waals surface area (Å²) in [7, 11) is 0. The molecule has 0 saturated carbocycles. The van der Waals surface area contributed by atoms with Gasteiger partial charge in [-0.05, 0) is 55.2 Å². The molecule has 0 unspecified atom stereocenters. The lowest BCUT2D eigenvalue weighted by Crippen LogP contribution is -2.23. The summed E-state index contributed by atoms with van der Waals surface area (Å²) >= 11 is 0. The van der Waals surface area contributed by atoms with E-state index in [1.165, 1.54) is 12.1 Å². The van der Waals surface area contributed by atoms with E-state index in [9.17, 15) is 8.78 Å². The molecule has 0 bridgehead atoms. The molecular weight excluding hydrogens is 352 g/mol. The minimum atomic E-state index is -0.629. The second-order valence-electron chi connectivity index (χ2n) is 6.88. The standard InChI is InChI=1S/C25H23F2N/c1-6-19(20-9-7-8-15(2)12-20)13-21-18(5)28-14-22(21)17(4)24-23(26)11-10-16(3)25(24)27/h6-14,28H,4-5H2,1-3H3/b19-6+,21-13+. The number of rotatable bonds is 4. The Kier molecular flexibility index (Phi) is 5.46. The molecule has 0 aliphatic heterocycles. The molecule has 1 heterocycles. The summed E-state index contributed by atoms with van der Waals surface area (Å²) in [5, 5.41) is 1.43. The van der Waals surface area contributed by atoms with Crippen LogP contribution in [0.25, 0.3) is 23.8 Å². The first kappa shape index (κ1) is 19.6. The van der Waals surface area contributed by atoms with Gasteiger partial charge in [0, 0.05) is 22.3 Å². The first-order valence-electron chi connectivity index (χ1n) is 9.09. The van der Waals surface area contributed by atoms with E-state index < -0.39 is 11.6 Å². The van der Waals surface area contributed by atoms with Gasteiger partial charge in [-0.2, -0.15) is 0 Å². The lowest BCUT2D eigenvalue weighted by molar-refractivity contribution is 0.571. The van der Waals surface area contributed by atoms with Gasteiger partial charge in [0.15, 0.2) is 0 Å². The van der Waals surface area contributed by atoms with Crippen molar-refractivity contribution in [2.75, 3.05) is 0 Å². The largest absolute Gasteiger partial charge is 0.361 e. The van der Waals surface area contributed by atoms with E-state index in [0.29, 0.717) is 16.5 Å². The Morgan fingerprint density at radius 1 is 1.11 bits per heavy atom. The first-order chi connectivity index (χ1) is 13.3. The Hall–Kier alpha value is -3.20. The molecule has 0 aliphatic rings. The smallest absolute Gasteiger partial charge is 0.136 e. The summed E-state index contributed by atoms with van der Waals surface area (Å²) in [6, 6.07) is 10.9. The minimum Gasteiger partial charge on any atom is -0.361 e. The minimum absolute atomic E-state index is 0.105. The molecule has 3 heteroatoms. The summed E-state index contributed by atoms with van der Waals surface area (Å²) in [5.41, 5.74) is 4.40. The van der Waals surface area contributed by atoms with Crippen molar-refractivity contribution >= 4 is 23.8 Å². The van der Waals surface area contributed by atoms with Crippen molar-refractivity contribution in [3.63, 3.8) is 0 Å². The van der Waals surface area contributed by atoms with Crippen molar-refractivity contribution in [3.8, 4) is 0 Å². The normalized spacial score (nSPS) is 12.5. The van der Waals surface area contributed by atoms with E-state index in [1.54, 1.807) is 13.1 Å². The molecule has 0 atom stereocenters. The molecule has 1 nitrogen and oxygen atoms in total. The van der Waals surface area contributed by atoms with Crippen LogP contribution >= 0.6 is 0 Å². The third kappa shape index (κ3) is 3.61. The van der Waals surface area contributed by atoms with Crippen molar-refractivity contribution in [2.45, 2.75) is 20.8 Å². The summed E-state index contributed by atoms with van der Waals surface area (Å²) < 4.78 is 29.0. The molecule has 28 heavy (non-hydrogen) atoms. The topological polar surface area (TPSA) is 15.8 Å². The molecule has 0 spiro atoms. The predicted octanol–water partition coefficient (Wildman–Crippen LogP) is 5.27. The van der Waals surface area contributed by atoms with Crippen molar-refractivity contribution < 1.29 is 8.78 Å². The van der Waals surface area contributed by atoms with Crippen LogP contribution in [0.3, 0.4) is 0 Å². The Balaban J connectivity index is 2.18. The fourth-order valence-electron chi connectivity index (χ4n) is 3.27. The van der Waals surface area contributed by atoms with Gasteiger partial charge in [0.05, 0.1) is 5.56 Å². The van der Waals surface area contributed by atoms with E-state index in [4.69, 9.17) is 0 Å². The number of aryl methyl sites for hydroxylation is 2. The highest BCUT2D eigenvalue weighted by Crippen LogP contribution is 2.27. The maximum absolute atomic E-state index is 14.6. The zero-order valence-corrected chi connectivity index (χ0v) is 16.4. The van der Waals surface area contributed by atoms with Crippen LogP contribution in [0.15, 0.2) is 55.3 Å². The second kappa shape index (κ2) is 7.81. The van der Waals surface area contributed by atoms with E-state index in [2.05, 4.69) is 24.2 Å². The Labute approximate surface area is 164 Å². The third-order valence-corrected chi connectivity index (χ3v) is 4.88. The van der Waals surface area contributed by atoms with Crippen molar-refractivity contribution in [1.29, 1.82) is 0 Å². The van der Waals surface area contributed by atoms with Gasteiger partial charge in [0.1, 0.15) is 11.6 Å². The maximum Gasteiger partial charge on any atom is 0.136 e. The molecule has 1 N–H and O–H groups in total. The highest BCUT2D eigenvalue weighted by atomic mass is 19.1. The van der Waals surface area contributed by atoms with E-state index in [-0.39, 0.29) is 11.1 Å². The number of nitrogens with one attached hydrogen (secondary N) is 1. The highest BCUT2D eigenvalue weighted by molar-refractivity contribution is 5.90. The number of H-pyrrole nitrogens is 1. The highest BCUT2D eigenvalue weighted by Gasteiger charge is 2.17. The molecule has 2 aromatic carbocycles.